The van der Waals surface area contributed by atoms with Gasteiger partial charge in [0, 0.05) is 6.42 Å². The Morgan fingerprint density at radius 2 is 0.966 bits per heavy atom. The normalized spacial score (nSPS) is 13.8. The van der Waals surface area contributed by atoms with Crippen LogP contribution in [0.2, 0.25) is 0 Å². The zero-order valence-electron chi connectivity index (χ0n) is 38.2. The van der Waals surface area contributed by atoms with Crippen LogP contribution in [0.1, 0.15) is 233 Å². The van der Waals surface area contributed by atoms with Crippen molar-refractivity contribution in [2.45, 2.75) is 251 Å². The van der Waals surface area contributed by atoms with Crippen LogP contribution in [0.3, 0.4) is 0 Å². The summed E-state index contributed by atoms with van der Waals surface area (Å²) in [6, 6.07) is -0.712. The summed E-state index contributed by atoms with van der Waals surface area (Å²) in [5.41, 5.74) is 0. The van der Waals surface area contributed by atoms with Crippen molar-refractivity contribution in [2.75, 3.05) is 6.61 Å². The van der Waals surface area contributed by atoms with Crippen LogP contribution in [-0.2, 0) is 14.3 Å². The fourth-order valence-electron chi connectivity index (χ4n) is 7.13. The van der Waals surface area contributed by atoms with Gasteiger partial charge in [-0.05, 0) is 83.5 Å². The molecule has 0 rings (SSSR count). The van der Waals surface area contributed by atoms with Gasteiger partial charge in [-0.2, -0.15) is 0 Å². The minimum absolute atomic E-state index is 0.0517. The molecular weight excluding hydrogens is 719 g/mol. The highest BCUT2D eigenvalue weighted by Gasteiger charge is 2.24. The van der Waals surface area contributed by atoms with Gasteiger partial charge >= 0.3 is 5.97 Å². The standard InChI is InChI=1S/C52H93NO5/c1-4-7-10-13-16-19-21-23-25-27-29-31-33-36-39-42-45-52(57)58-48(43-40-37-34-18-15-12-9-6-3)46-51(56)53-49(47-54)50(55)44-41-38-35-32-30-28-26-24-22-20-17-14-11-8-5-2/h7,10,12,15-16,19,23,25,29,31,48-50,54-55H,4-6,8-9,11,13-14,17-18,20-22,24,26-28,30,32-47H2,1-3H3,(H,53,56)/b10-7+,15-12-,19-16+,25-23+,31-29+. The zero-order valence-corrected chi connectivity index (χ0v) is 38.2. The summed E-state index contributed by atoms with van der Waals surface area (Å²) in [7, 11) is 0. The lowest BCUT2D eigenvalue weighted by Gasteiger charge is -2.24. The predicted octanol–water partition coefficient (Wildman–Crippen LogP) is 14.5. The molecule has 58 heavy (non-hydrogen) atoms. The van der Waals surface area contributed by atoms with Gasteiger partial charge in [-0.3, -0.25) is 9.59 Å². The summed E-state index contributed by atoms with van der Waals surface area (Å²) in [6.45, 7) is 6.28. The third-order valence-corrected chi connectivity index (χ3v) is 10.8. The van der Waals surface area contributed by atoms with E-state index in [4.69, 9.17) is 4.74 Å². The van der Waals surface area contributed by atoms with Crippen molar-refractivity contribution in [3.63, 3.8) is 0 Å². The van der Waals surface area contributed by atoms with Crippen LogP contribution >= 0.6 is 0 Å². The first-order valence-corrected chi connectivity index (χ1v) is 24.5. The van der Waals surface area contributed by atoms with Crippen LogP contribution in [0, 0.1) is 0 Å². The van der Waals surface area contributed by atoms with Crippen molar-refractivity contribution in [1.82, 2.24) is 5.32 Å². The predicted molar refractivity (Wildman–Crippen MR) is 250 cm³/mol. The summed E-state index contributed by atoms with van der Waals surface area (Å²) in [5, 5.41) is 23.7. The highest BCUT2D eigenvalue weighted by Crippen LogP contribution is 2.17. The molecule has 6 nitrogen and oxygen atoms in total. The summed E-state index contributed by atoms with van der Waals surface area (Å²) in [5.74, 6) is -0.531. The van der Waals surface area contributed by atoms with Crippen LogP contribution in [-0.4, -0.2) is 46.9 Å². The number of rotatable bonds is 43. The fourth-order valence-corrected chi connectivity index (χ4v) is 7.13. The molecule has 0 spiro atoms. The van der Waals surface area contributed by atoms with E-state index >= 15 is 0 Å². The Hall–Kier alpha value is -2.44. The molecule has 0 aromatic carbocycles. The number of nitrogens with one attached hydrogen (secondary N) is 1. The largest absolute Gasteiger partial charge is 0.462 e. The van der Waals surface area contributed by atoms with Crippen molar-refractivity contribution in [3.05, 3.63) is 60.8 Å². The molecule has 0 aliphatic heterocycles. The number of carbonyl (C=O) groups is 2. The molecule has 3 N–H and O–H groups in total. The average Bonchev–Trinajstić information content (AvgIpc) is 3.22. The van der Waals surface area contributed by atoms with Crippen LogP contribution in [0.4, 0.5) is 0 Å². The van der Waals surface area contributed by atoms with E-state index in [9.17, 15) is 19.8 Å². The molecule has 0 aromatic heterocycles. The number of hydrogen-bond acceptors (Lipinski definition) is 5. The Labute approximate surface area is 358 Å². The first-order valence-electron chi connectivity index (χ1n) is 24.5. The maximum absolute atomic E-state index is 13.1. The molecule has 0 fully saturated rings. The fraction of sp³-hybridized carbons (Fsp3) is 0.769. The van der Waals surface area contributed by atoms with E-state index in [1.165, 1.54) is 77.0 Å². The first-order chi connectivity index (χ1) is 28.5. The average molecular weight is 812 g/mol. The van der Waals surface area contributed by atoms with Crippen LogP contribution < -0.4 is 5.32 Å². The third-order valence-electron chi connectivity index (χ3n) is 10.8. The molecule has 3 unspecified atom stereocenters. The smallest absolute Gasteiger partial charge is 0.306 e. The number of allylic oxidation sites excluding steroid dienone is 10. The maximum atomic E-state index is 13.1. The van der Waals surface area contributed by atoms with Crippen molar-refractivity contribution in [3.8, 4) is 0 Å². The molecule has 0 aliphatic carbocycles. The van der Waals surface area contributed by atoms with Crippen LogP contribution in [0.15, 0.2) is 60.8 Å². The number of carbonyl (C=O) groups excluding carboxylic acids is 2. The summed E-state index contributed by atoms with van der Waals surface area (Å²) in [4.78, 5) is 26.0. The first kappa shape index (κ1) is 55.6. The van der Waals surface area contributed by atoms with Gasteiger partial charge in [-0.25, -0.2) is 0 Å². The lowest BCUT2D eigenvalue weighted by Crippen LogP contribution is -2.46. The highest BCUT2D eigenvalue weighted by atomic mass is 16.5. The second kappa shape index (κ2) is 45.6. The molecule has 0 radical (unpaired) electrons. The molecule has 3 atom stereocenters. The van der Waals surface area contributed by atoms with Gasteiger partial charge in [0.15, 0.2) is 0 Å². The van der Waals surface area contributed by atoms with E-state index in [1.54, 1.807) is 0 Å². The Kier molecular flexibility index (Phi) is 43.7. The molecule has 0 heterocycles. The van der Waals surface area contributed by atoms with Gasteiger partial charge < -0.3 is 20.3 Å². The monoisotopic (exact) mass is 812 g/mol. The number of ether oxygens (including phenoxy) is 1. The molecular formula is C52H93NO5. The molecule has 1 amide bonds. The van der Waals surface area contributed by atoms with E-state index in [1.807, 2.05) is 0 Å². The van der Waals surface area contributed by atoms with Crippen molar-refractivity contribution in [1.29, 1.82) is 0 Å². The number of esters is 1. The molecule has 0 bridgehead atoms. The van der Waals surface area contributed by atoms with Gasteiger partial charge in [0.25, 0.3) is 0 Å². The number of aliphatic hydroxyl groups is 2. The van der Waals surface area contributed by atoms with E-state index in [2.05, 4.69) is 86.8 Å². The SMILES string of the molecule is CC/C=C/C/C=C/C/C=C/C/C=C/CCCCCC(=O)OC(CCCCC/C=C\CCC)CC(=O)NC(CO)C(O)CCCCCCCCCCCCCCCCC. The second-order valence-corrected chi connectivity index (χ2v) is 16.5. The Morgan fingerprint density at radius 1 is 0.517 bits per heavy atom. The Bertz CT molecular complexity index is 1050. The Morgan fingerprint density at radius 3 is 1.50 bits per heavy atom. The van der Waals surface area contributed by atoms with E-state index in [0.29, 0.717) is 19.3 Å². The number of unbranched alkanes of at least 4 members (excludes halogenated alkanes) is 21. The summed E-state index contributed by atoms with van der Waals surface area (Å²) < 4.78 is 5.87. The van der Waals surface area contributed by atoms with Crippen molar-refractivity contribution in [2.24, 2.45) is 0 Å². The topological polar surface area (TPSA) is 95.9 Å². The second-order valence-electron chi connectivity index (χ2n) is 16.5. The molecule has 0 aromatic rings. The molecule has 0 aliphatic rings. The quantitative estimate of drug-likeness (QED) is 0.0324. The maximum Gasteiger partial charge on any atom is 0.306 e. The summed E-state index contributed by atoms with van der Waals surface area (Å²) >= 11 is 0. The summed E-state index contributed by atoms with van der Waals surface area (Å²) in [6.07, 6.45) is 55.8. The van der Waals surface area contributed by atoms with Crippen LogP contribution in [0.25, 0.3) is 0 Å². The van der Waals surface area contributed by atoms with Gasteiger partial charge in [-0.15, -0.1) is 0 Å². The molecule has 336 valence electrons. The van der Waals surface area contributed by atoms with Crippen molar-refractivity contribution >= 4 is 11.9 Å². The minimum Gasteiger partial charge on any atom is -0.462 e. The lowest BCUT2D eigenvalue weighted by atomic mass is 10.0. The molecule has 0 saturated heterocycles. The number of hydrogen-bond donors (Lipinski definition) is 3. The Balaban J connectivity index is 4.49. The van der Waals surface area contributed by atoms with E-state index < -0.39 is 18.2 Å². The van der Waals surface area contributed by atoms with E-state index in [0.717, 1.165) is 109 Å². The molecule has 6 heteroatoms. The highest BCUT2D eigenvalue weighted by molar-refractivity contribution is 5.77. The van der Waals surface area contributed by atoms with Gasteiger partial charge in [-0.1, -0.05) is 197 Å². The number of aliphatic hydroxyl groups excluding tert-OH is 2. The van der Waals surface area contributed by atoms with Crippen molar-refractivity contribution < 1.29 is 24.5 Å². The minimum atomic E-state index is -0.797. The number of amides is 1. The van der Waals surface area contributed by atoms with E-state index in [-0.39, 0.29) is 24.9 Å². The third kappa shape index (κ3) is 40.3. The lowest BCUT2D eigenvalue weighted by molar-refractivity contribution is -0.151. The van der Waals surface area contributed by atoms with Gasteiger partial charge in [0.05, 0.1) is 25.2 Å². The van der Waals surface area contributed by atoms with Gasteiger partial charge in [0.2, 0.25) is 5.91 Å². The van der Waals surface area contributed by atoms with Gasteiger partial charge in [0.1, 0.15) is 6.10 Å². The van der Waals surface area contributed by atoms with Crippen LogP contribution in [0.5, 0.6) is 0 Å². The zero-order chi connectivity index (χ0) is 42.4. The molecule has 0 saturated carbocycles.